The summed E-state index contributed by atoms with van der Waals surface area (Å²) in [6, 6.07) is 0. The van der Waals surface area contributed by atoms with Crippen LogP contribution in [0.3, 0.4) is 0 Å². The van der Waals surface area contributed by atoms with Gasteiger partial charge in [0.25, 0.3) is 0 Å². The van der Waals surface area contributed by atoms with Crippen molar-refractivity contribution in [3.8, 4) is 0 Å². The summed E-state index contributed by atoms with van der Waals surface area (Å²) in [5.74, 6) is -1.77. The minimum atomic E-state index is -1.23. The molecule has 0 aliphatic carbocycles. The highest BCUT2D eigenvalue weighted by Crippen LogP contribution is 2.09. The summed E-state index contributed by atoms with van der Waals surface area (Å²) < 4.78 is 6.38. The van der Waals surface area contributed by atoms with E-state index in [-0.39, 0.29) is 31.6 Å². The number of hydrogen-bond donors (Lipinski definition) is 3. The van der Waals surface area contributed by atoms with E-state index >= 15 is 0 Å². The molecule has 0 radical (unpaired) electrons. The Hall–Kier alpha value is -2.65. The number of aryl methyl sites for hydroxylation is 1. The minimum Gasteiger partial charge on any atom is -0.476 e. The number of nitrogens with one attached hydrogen (secondary N) is 1. The van der Waals surface area contributed by atoms with Gasteiger partial charge in [0.05, 0.1) is 12.2 Å². The van der Waals surface area contributed by atoms with Gasteiger partial charge in [-0.2, -0.15) is 0 Å². The molecule has 1 aromatic heterocycles. The zero-order chi connectivity index (χ0) is 17.6. The molecule has 10 nitrogen and oxygen atoms in total. The highest BCUT2D eigenvalue weighted by molar-refractivity contribution is 5.86. The summed E-state index contributed by atoms with van der Waals surface area (Å²) in [6.07, 6.45) is -0.424. The van der Waals surface area contributed by atoms with Crippen LogP contribution in [-0.2, 0) is 22.5 Å². The molecular formula is C13H21N5O5. The molecule has 10 heteroatoms. The first kappa shape index (κ1) is 18.4. The molecule has 2 amide bonds. The molecule has 1 aromatic rings. The summed E-state index contributed by atoms with van der Waals surface area (Å²) in [5.41, 5.74) is 4.52. The fourth-order valence-corrected chi connectivity index (χ4v) is 1.74. The smallest absolute Gasteiger partial charge is 0.407 e. The zero-order valence-corrected chi connectivity index (χ0v) is 13.3. The largest absolute Gasteiger partial charge is 0.476 e. The van der Waals surface area contributed by atoms with E-state index in [2.05, 4.69) is 15.6 Å². The number of carboxylic acids is 1. The average Bonchev–Trinajstić information content (AvgIpc) is 2.77. The predicted molar refractivity (Wildman–Crippen MR) is 78.7 cm³/mol. The molecule has 128 valence electrons. The van der Waals surface area contributed by atoms with Crippen LogP contribution in [0.4, 0.5) is 4.79 Å². The van der Waals surface area contributed by atoms with Gasteiger partial charge in [-0.05, 0) is 20.8 Å². The number of rotatable bonds is 7. The van der Waals surface area contributed by atoms with E-state index in [1.165, 1.54) is 4.68 Å². The number of nitrogens with two attached hydrogens (primary N) is 1. The maximum atomic E-state index is 11.6. The second-order valence-electron chi connectivity index (χ2n) is 5.81. The van der Waals surface area contributed by atoms with Crippen molar-refractivity contribution in [3.05, 3.63) is 11.4 Å². The fourth-order valence-electron chi connectivity index (χ4n) is 1.74. The summed E-state index contributed by atoms with van der Waals surface area (Å²) >= 11 is 0. The highest BCUT2D eigenvalue weighted by Gasteiger charge is 2.20. The molecule has 23 heavy (non-hydrogen) atoms. The zero-order valence-electron chi connectivity index (χ0n) is 13.3. The number of carbonyl (C=O) groups excluding carboxylic acids is 2. The maximum Gasteiger partial charge on any atom is 0.407 e. The second-order valence-corrected chi connectivity index (χ2v) is 5.81. The van der Waals surface area contributed by atoms with Crippen LogP contribution >= 0.6 is 0 Å². The van der Waals surface area contributed by atoms with E-state index in [4.69, 9.17) is 15.6 Å². The van der Waals surface area contributed by atoms with Crippen molar-refractivity contribution in [1.82, 2.24) is 20.3 Å². The summed E-state index contributed by atoms with van der Waals surface area (Å²) in [7, 11) is 0. The molecule has 1 heterocycles. The van der Waals surface area contributed by atoms with Crippen molar-refractivity contribution in [2.45, 2.75) is 45.8 Å². The van der Waals surface area contributed by atoms with Crippen molar-refractivity contribution in [3.63, 3.8) is 0 Å². The first-order chi connectivity index (χ1) is 10.6. The van der Waals surface area contributed by atoms with Crippen LogP contribution in [0.1, 0.15) is 43.4 Å². The summed E-state index contributed by atoms with van der Waals surface area (Å²) in [6.45, 7) is 5.46. The van der Waals surface area contributed by atoms with Gasteiger partial charge in [0, 0.05) is 19.4 Å². The quantitative estimate of drug-likeness (QED) is 0.633. The summed E-state index contributed by atoms with van der Waals surface area (Å²) in [4.78, 5) is 33.5. The minimum absolute atomic E-state index is 0.00884. The van der Waals surface area contributed by atoms with Crippen LogP contribution in [0.15, 0.2) is 0 Å². The molecule has 0 saturated heterocycles. The Balaban J connectivity index is 2.69. The number of carboxylic acid groups (broad SMARTS) is 1. The summed E-state index contributed by atoms with van der Waals surface area (Å²) in [5, 5.41) is 18.9. The lowest BCUT2D eigenvalue weighted by atomic mass is 10.2. The van der Waals surface area contributed by atoms with E-state index in [1.807, 2.05) is 0 Å². The SMILES string of the molecule is CC(C)(C)OC(=O)NCCc1c(C(=O)O)nnn1CCC(N)=O. The Morgan fingerprint density at radius 3 is 2.52 bits per heavy atom. The van der Waals surface area contributed by atoms with Crippen molar-refractivity contribution in [1.29, 1.82) is 0 Å². The Labute approximate surface area is 133 Å². The topological polar surface area (TPSA) is 149 Å². The number of nitrogens with zero attached hydrogens (tertiary/aromatic N) is 3. The molecule has 0 fully saturated rings. The molecule has 0 spiro atoms. The van der Waals surface area contributed by atoms with Gasteiger partial charge in [0.15, 0.2) is 5.69 Å². The van der Waals surface area contributed by atoms with Gasteiger partial charge in [-0.15, -0.1) is 5.10 Å². The van der Waals surface area contributed by atoms with E-state index in [1.54, 1.807) is 20.8 Å². The number of amides is 2. The van der Waals surface area contributed by atoms with Crippen molar-refractivity contribution >= 4 is 18.0 Å². The lowest BCUT2D eigenvalue weighted by molar-refractivity contribution is -0.118. The van der Waals surface area contributed by atoms with E-state index < -0.39 is 23.6 Å². The normalized spacial score (nSPS) is 11.1. The molecule has 0 saturated carbocycles. The molecule has 0 unspecified atom stereocenters. The maximum absolute atomic E-state index is 11.6. The Morgan fingerprint density at radius 1 is 1.35 bits per heavy atom. The van der Waals surface area contributed by atoms with Crippen LogP contribution < -0.4 is 11.1 Å². The number of alkyl carbamates (subject to hydrolysis) is 1. The van der Waals surface area contributed by atoms with Gasteiger partial charge < -0.3 is 20.9 Å². The Bertz CT molecular complexity index is 590. The van der Waals surface area contributed by atoms with Crippen molar-refractivity contribution < 1.29 is 24.2 Å². The van der Waals surface area contributed by atoms with Crippen LogP contribution in [0.25, 0.3) is 0 Å². The number of primary amides is 1. The van der Waals surface area contributed by atoms with Gasteiger partial charge in [0.1, 0.15) is 5.60 Å². The predicted octanol–water partition coefficient (Wildman–Crippen LogP) is -0.0811. The molecule has 1 rings (SSSR count). The van der Waals surface area contributed by atoms with Gasteiger partial charge in [-0.25, -0.2) is 14.3 Å². The molecule has 0 aliphatic rings. The van der Waals surface area contributed by atoms with Crippen LogP contribution in [0, 0.1) is 0 Å². The van der Waals surface area contributed by atoms with Gasteiger partial charge in [-0.1, -0.05) is 5.21 Å². The van der Waals surface area contributed by atoms with Crippen LogP contribution in [-0.4, -0.2) is 50.2 Å². The van der Waals surface area contributed by atoms with Crippen molar-refractivity contribution in [2.24, 2.45) is 5.73 Å². The molecule has 0 atom stereocenters. The number of hydrogen-bond acceptors (Lipinski definition) is 6. The van der Waals surface area contributed by atoms with Crippen LogP contribution in [0.2, 0.25) is 0 Å². The average molecular weight is 327 g/mol. The standard InChI is InChI=1S/C13H21N5O5/c1-13(2,3)23-12(22)15-6-4-8-10(11(20)21)16-17-18(8)7-5-9(14)19/h4-7H2,1-3H3,(H2,14,19)(H,15,22)(H,20,21). The van der Waals surface area contributed by atoms with Crippen molar-refractivity contribution in [2.75, 3.05) is 6.54 Å². The number of aromatic carboxylic acids is 1. The molecule has 4 N–H and O–H groups in total. The first-order valence-corrected chi connectivity index (χ1v) is 7.01. The third kappa shape index (κ3) is 6.32. The molecular weight excluding hydrogens is 306 g/mol. The van der Waals surface area contributed by atoms with E-state index in [0.717, 1.165) is 0 Å². The third-order valence-electron chi connectivity index (χ3n) is 2.64. The van der Waals surface area contributed by atoms with Crippen LogP contribution in [0.5, 0.6) is 0 Å². The Kier molecular flexibility index (Phi) is 6.05. The molecule has 0 bridgehead atoms. The van der Waals surface area contributed by atoms with Gasteiger partial charge in [-0.3, -0.25) is 4.79 Å². The van der Waals surface area contributed by atoms with E-state index in [9.17, 15) is 14.4 Å². The second kappa shape index (κ2) is 7.56. The third-order valence-corrected chi connectivity index (χ3v) is 2.64. The number of ether oxygens (including phenoxy) is 1. The Morgan fingerprint density at radius 2 is 2.00 bits per heavy atom. The van der Waals surface area contributed by atoms with Gasteiger partial charge in [0.2, 0.25) is 5.91 Å². The molecule has 0 aliphatic heterocycles. The number of carbonyl (C=O) groups is 3. The fraction of sp³-hybridized carbons (Fsp3) is 0.615. The van der Waals surface area contributed by atoms with Gasteiger partial charge >= 0.3 is 12.1 Å². The highest BCUT2D eigenvalue weighted by atomic mass is 16.6. The lowest BCUT2D eigenvalue weighted by Crippen LogP contribution is -2.34. The monoisotopic (exact) mass is 327 g/mol. The van der Waals surface area contributed by atoms with E-state index in [0.29, 0.717) is 5.69 Å². The number of aromatic nitrogens is 3. The lowest BCUT2D eigenvalue weighted by Gasteiger charge is -2.19. The first-order valence-electron chi connectivity index (χ1n) is 7.01. The molecule has 0 aromatic carbocycles.